The van der Waals surface area contributed by atoms with E-state index in [0.29, 0.717) is 13.2 Å². The van der Waals surface area contributed by atoms with Gasteiger partial charge in [0, 0.05) is 36.0 Å². The van der Waals surface area contributed by atoms with Crippen LogP contribution in [-0.4, -0.2) is 44.3 Å². The molecule has 0 saturated heterocycles. The first-order valence-corrected chi connectivity index (χ1v) is 9.80. The molecule has 2 aromatic rings. The Kier molecular flexibility index (Phi) is 6.95. The molecule has 0 bridgehead atoms. The lowest BCUT2D eigenvalue weighted by molar-refractivity contribution is 0.116. The zero-order valence-corrected chi connectivity index (χ0v) is 16.0. The van der Waals surface area contributed by atoms with Gasteiger partial charge in [-0.2, -0.15) is 0 Å². The third kappa shape index (κ3) is 4.58. The predicted octanol–water partition coefficient (Wildman–Crippen LogP) is 4.98. The highest BCUT2D eigenvalue weighted by Crippen LogP contribution is 2.47. The minimum absolute atomic E-state index is 0.698. The van der Waals surface area contributed by atoms with Crippen LogP contribution in [0.1, 0.15) is 0 Å². The van der Waals surface area contributed by atoms with E-state index in [4.69, 9.17) is 4.74 Å². The first kappa shape index (κ1) is 18.8. The van der Waals surface area contributed by atoms with Gasteiger partial charge >= 0.3 is 0 Å². The van der Waals surface area contributed by atoms with Gasteiger partial charge in [0.05, 0.1) is 24.6 Å². The summed E-state index contributed by atoms with van der Waals surface area (Å²) in [6, 6.07) is 17.2. The molecule has 1 aliphatic heterocycles. The van der Waals surface area contributed by atoms with Crippen LogP contribution in [0, 0.1) is 0 Å². The third-order valence-electron chi connectivity index (χ3n) is 4.32. The van der Waals surface area contributed by atoms with Crippen LogP contribution in [0.5, 0.6) is 0 Å². The van der Waals surface area contributed by atoms with E-state index in [1.165, 1.54) is 21.2 Å². The Bertz CT molecular complexity index is 691. The quantitative estimate of drug-likeness (QED) is 0.435. The fourth-order valence-electron chi connectivity index (χ4n) is 3.10. The zero-order valence-electron chi connectivity index (χ0n) is 15.1. The molecule has 0 unspecified atom stereocenters. The number of ether oxygens (including phenoxy) is 1. The molecule has 0 aromatic heterocycles. The molecule has 0 atom stereocenters. The molecule has 0 spiro atoms. The molecule has 0 radical (unpaired) electrons. The Morgan fingerprint density at radius 3 is 2.04 bits per heavy atom. The number of hydrogen-bond acceptors (Lipinski definition) is 4. The van der Waals surface area contributed by atoms with Crippen LogP contribution in [0.25, 0.3) is 0 Å². The summed E-state index contributed by atoms with van der Waals surface area (Å²) in [7, 11) is 0. The van der Waals surface area contributed by atoms with Gasteiger partial charge < -0.3 is 9.64 Å². The van der Waals surface area contributed by atoms with Gasteiger partial charge in [-0.25, -0.2) is 0 Å². The number of fused-ring (bicyclic) bond motifs is 2. The average Bonchev–Trinajstić information content (AvgIpc) is 2.67. The summed E-state index contributed by atoms with van der Waals surface area (Å²) in [5.41, 5.74) is 2.53. The number of nitrogens with zero attached hydrogens (tertiary/aromatic N) is 2. The highest BCUT2D eigenvalue weighted by atomic mass is 32.2. The third-order valence-corrected chi connectivity index (χ3v) is 5.45. The Labute approximate surface area is 161 Å². The number of rotatable bonds is 10. The molecule has 4 heteroatoms. The zero-order chi connectivity index (χ0) is 18.2. The molecule has 3 nitrogen and oxygen atoms in total. The van der Waals surface area contributed by atoms with Crippen LogP contribution < -0.4 is 4.90 Å². The Morgan fingerprint density at radius 1 is 0.885 bits per heavy atom. The molecule has 26 heavy (non-hydrogen) atoms. The van der Waals surface area contributed by atoms with Crippen molar-refractivity contribution in [1.82, 2.24) is 4.90 Å². The summed E-state index contributed by atoms with van der Waals surface area (Å²) in [6.07, 6.45) is 3.84. The highest BCUT2D eigenvalue weighted by molar-refractivity contribution is 7.99. The summed E-state index contributed by atoms with van der Waals surface area (Å²) in [4.78, 5) is 7.23. The lowest BCUT2D eigenvalue weighted by Gasteiger charge is -2.32. The van der Waals surface area contributed by atoms with E-state index in [0.717, 1.165) is 26.2 Å². The molecule has 0 amide bonds. The number of hydrogen-bond donors (Lipinski definition) is 0. The van der Waals surface area contributed by atoms with Crippen LogP contribution in [-0.2, 0) is 4.74 Å². The van der Waals surface area contributed by atoms with E-state index >= 15 is 0 Å². The predicted molar refractivity (Wildman–Crippen MR) is 112 cm³/mol. The SMILES string of the molecule is C=CCN(CC=C)CCOCCN1c2ccccc2Sc2ccccc21. The van der Waals surface area contributed by atoms with Crippen molar-refractivity contribution < 1.29 is 4.74 Å². The van der Waals surface area contributed by atoms with Gasteiger partial charge in [-0.3, -0.25) is 4.90 Å². The second-order valence-electron chi connectivity index (χ2n) is 6.14. The van der Waals surface area contributed by atoms with Crippen molar-refractivity contribution in [2.45, 2.75) is 9.79 Å². The Morgan fingerprint density at radius 2 is 1.46 bits per heavy atom. The second-order valence-corrected chi connectivity index (χ2v) is 7.22. The van der Waals surface area contributed by atoms with Gasteiger partial charge in [-0.1, -0.05) is 48.2 Å². The maximum atomic E-state index is 5.93. The molecule has 1 heterocycles. The van der Waals surface area contributed by atoms with E-state index in [9.17, 15) is 0 Å². The van der Waals surface area contributed by atoms with Crippen molar-refractivity contribution in [3.05, 3.63) is 73.8 Å². The molecule has 0 aliphatic carbocycles. The molecule has 0 saturated carbocycles. The topological polar surface area (TPSA) is 15.7 Å². The fraction of sp³-hybridized carbons (Fsp3) is 0.273. The molecule has 0 N–H and O–H groups in total. The second kappa shape index (κ2) is 9.62. The molecule has 2 aromatic carbocycles. The van der Waals surface area contributed by atoms with Gasteiger partial charge in [-0.05, 0) is 24.3 Å². The smallest absolute Gasteiger partial charge is 0.0646 e. The van der Waals surface area contributed by atoms with Gasteiger partial charge in [0.1, 0.15) is 0 Å². The van der Waals surface area contributed by atoms with E-state index in [-0.39, 0.29) is 0 Å². The van der Waals surface area contributed by atoms with E-state index < -0.39 is 0 Å². The Balaban J connectivity index is 1.58. The number of benzene rings is 2. The maximum Gasteiger partial charge on any atom is 0.0646 e. The van der Waals surface area contributed by atoms with Crippen molar-refractivity contribution in [3.63, 3.8) is 0 Å². The summed E-state index contributed by atoms with van der Waals surface area (Å²) in [6.45, 7) is 12.5. The molecule has 136 valence electrons. The lowest BCUT2D eigenvalue weighted by atomic mass is 10.2. The molecule has 1 aliphatic rings. The molecule has 0 fully saturated rings. The highest BCUT2D eigenvalue weighted by Gasteiger charge is 2.22. The van der Waals surface area contributed by atoms with Crippen LogP contribution in [0.15, 0.2) is 83.6 Å². The van der Waals surface area contributed by atoms with Crippen molar-refractivity contribution in [1.29, 1.82) is 0 Å². The number of anilines is 2. The van der Waals surface area contributed by atoms with E-state index in [2.05, 4.69) is 71.5 Å². The summed E-state index contributed by atoms with van der Waals surface area (Å²) in [5, 5.41) is 0. The Hall–Kier alpha value is -2.01. The van der Waals surface area contributed by atoms with Crippen LogP contribution in [0.4, 0.5) is 11.4 Å². The van der Waals surface area contributed by atoms with Crippen molar-refractivity contribution in [3.8, 4) is 0 Å². The molecular weight excluding hydrogens is 340 g/mol. The van der Waals surface area contributed by atoms with Gasteiger partial charge in [-0.15, -0.1) is 13.2 Å². The fourth-order valence-corrected chi connectivity index (χ4v) is 4.19. The average molecular weight is 367 g/mol. The standard InChI is InChI=1S/C22H26N2OS/c1-3-13-23(14-4-2)15-17-25-18-16-24-19-9-5-7-11-21(19)26-22-12-8-6-10-20(22)24/h3-12H,1-2,13-18H2. The van der Waals surface area contributed by atoms with Gasteiger partial charge in [0.2, 0.25) is 0 Å². The molecule has 3 rings (SSSR count). The summed E-state index contributed by atoms with van der Waals surface area (Å²) in [5.74, 6) is 0. The summed E-state index contributed by atoms with van der Waals surface area (Å²) < 4.78 is 5.93. The summed E-state index contributed by atoms with van der Waals surface area (Å²) >= 11 is 1.84. The van der Waals surface area contributed by atoms with Crippen LogP contribution in [0.3, 0.4) is 0 Å². The maximum absolute atomic E-state index is 5.93. The minimum Gasteiger partial charge on any atom is -0.378 e. The normalized spacial score (nSPS) is 12.6. The lowest BCUT2D eigenvalue weighted by Crippen LogP contribution is -2.30. The van der Waals surface area contributed by atoms with E-state index in [1.807, 2.05) is 23.9 Å². The van der Waals surface area contributed by atoms with Crippen LogP contribution >= 0.6 is 11.8 Å². The largest absolute Gasteiger partial charge is 0.378 e. The van der Waals surface area contributed by atoms with Crippen molar-refractivity contribution >= 4 is 23.1 Å². The first-order chi connectivity index (χ1) is 12.8. The van der Waals surface area contributed by atoms with Crippen molar-refractivity contribution in [2.75, 3.05) is 44.3 Å². The van der Waals surface area contributed by atoms with Gasteiger partial charge in [0.25, 0.3) is 0 Å². The minimum atomic E-state index is 0.698. The number of para-hydroxylation sites is 2. The molecular formula is C22H26N2OS. The monoisotopic (exact) mass is 366 g/mol. The van der Waals surface area contributed by atoms with Crippen LogP contribution in [0.2, 0.25) is 0 Å². The van der Waals surface area contributed by atoms with Gasteiger partial charge in [0.15, 0.2) is 0 Å². The van der Waals surface area contributed by atoms with E-state index in [1.54, 1.807) is 0 Å². The first-order valence-electron chi connectivity index (χ1n) is 8.99. The van der Waals surface area contributed by atoms with Crippen molar-refractivity contribution in [2.24, 2.45) is 0 Å².